The zero-order valence-electron chi connectivity index (χ0n) is 15.2. The molecule has 7 nitrogen and oxygen atoms in total. The minimum Gasteiger partial charge on any atom is -0.357 e. The predicted molar refractivity (Wildman–Crippen MR) is 110 cm³/mol. The lowest BCUT2D eigenvalue weighted by atomic mass is 9.99. The van der Waals surface area contributed by atoms with E-state index >= 15 is 0 Å². The predicted octanol–water partition coefficient (Wildman–Crippen LogP) is 1.86. The molecule has 0 spiro atoms. The number of nitrogens with one attached hydrogen (secondary N) is 2. The van der Waals surface area contributed by atoms with Gasteiger partial charge in [0, 0.05) is 45.5 Å². The van der Waals surface area contributed by atoms with Crippen molar-refractivity contribution in [1.29, 1.82) is 0 Å². The average Bonchev–Trinajstić information content (AvgIpc) is 3.16. The second-order valence-electron chi connectivity index (χ2n) is 6.44. The third-order valence-electron chi connectivity index (χ3n) is 4.44. The zero-order chi connectivity index (χ0) is 16.9. The fraction of sp³-hybridized carbons (Fsp3) is 0.588. The Morgan fingerprint density at radius 1 is 1.36 bits per heavy atom. The van der Waals surface area contributed by atoms with Crippen molar-refractivity contribution in [1.82, 2.24) is 30.0 Å². The summed E-state index contributed by atoms with van der Waals surface area (Å²) in [7, 11) is 2.03. The van der Waals surface area contributed by atoms with Crippen LogP contribution in [0.1, 0.15) is 30.6 Å². The molecule has 25 heavy (non-hydrogen) atoms. The van der Waals surface area contributed by atoms with E-state index in [1.807, 2.05) is 24.7 Å². The third-order valence-corrected chi connectivity index (χ3v) is 4.44. The largest absolute Gasteiger partial charge is 0.357 e. The van der Waals surface area contributed by atoms with E-state index in [0.717, 1.165) is 50.1 Å². The van der Waals surface area contributed by atoms with Crippen LogP contribution in [0, 0.1) is 12.8 Å². The van der Waals surface area contributed by atoms with E-state index in [4.69, 9.17) is 0 Å². The van der Waals surface area contributed by atoms with Gasteiger partial charge in [-0.2, -0.15) is 0 Å². The number of hydrogen-bond acceptors (Lipinski definition) is 3. The van der Waals surface area contributed by atoms with Gasteiger partial charge in [-0.05, 0) is 37.8 Å². The number of aliphatic imine (C=N–C) groups is 1. The summed E-state index contributed by atoms with van der Waals surface area (Å²) in [5.74, 6) is 3.59. The topological polar surface area (TPSA) is 72.1 Å². The van der Waals surface area contributed by atoms with Crippen molar-refractivity contribution in [3.05, 3.63) is 35.7 Å². The number of rotatable bonds is 5. The average molecular weight is 457 g/mol. The first-order valence-electron chi connectivity index (χ1n) is 8.67. The van der Waals surface area contributed by atoms with Gasteiger partial charge in [0.15, 0.2) is 5.96 Å². The minimum absolute atomic E-state index is 0. The Bertz CT molecular complexity index is 704. The van der Waals surface area contributed by atoms with E-state index in [2.05, 4.69) is 49.6 Å². The maximum atomic E-state index is 4.68. The van der Waals surface area contributed by atoms with Crippen LogP contribution in [0.3, 0.4) is 0 Å². The van der Waals surface area contributed by atoms with Gasteiger partial charge in [-0.1, -0.05) is 0 Å². The van der Waals surface area contributed by atoms with Gasteiger partial charge in [0.2, 0.25) is 0 Å². The molecule has 1 atom stereocenters. The molecule has 2 N–H and O–H groups in total. The fourth-order valence-corrected chi connectivity index (χ4v) is 3.10. The number of fused-ring (bicyclic) bond motifs is 1. The quantitative estimate of drug-likeness (QED) is 0.409. The summed E-state index contributed by atoms with van der Waals surface area (Å²) in [4.78, 5) is 4.68. The van der Waals surface area contributed by atoms with Crippen molar-refractivity contribution in [2.45, 2.75) is 39.8 Å². The van der Waals surface area contributed by atoms with Crippen molar-refractivity contribution >= 4 is 29.9 Å². The summed E-state index contributed by atoms with van der Waals surface area (Å²) in [6.45, 7) is 7.57. The summed E-state index contributed by atoms with van der Waals surface area (Å²) < 4.78 is 4.29. The molecule has 0 aromatic carbocycles. The van der Waals surface area contributed by atoms with Gasteiger partial charge in [-0.3, -0.25) is 0 Å². The van der Waals surface area contributed by atoms with Crippen molar-refractivity contribution in [2.24, 2.45) is 18.0 Å². The molecule has 0 saturated heterocycles. The van der Waals surface area contributed by atoms with E-state index in [-0.39, 0.29) is 24.0 Å². The van der Waals surface area contributed by atoms with E-state index in [1.165, 1.54) is 5.56 Å². The molecule has 0 fully saturated rings. The van der Waals surface area contributed by atoms with Gasteiger partial charge >= 0.3 is 0 Å². The van der Waals surface area contributed by atoms with Gasteiger partial charge < -0.3 is 19.8 Å². The van der Waals surface area contributed by atoms with Crippen molar-refractivity contribution in [3.63, 3.8) is 0 Å². The first-order valence-corrected chi connectivity index (χ1v) is 8.67. The number of hydrogen-bond donors (Lipinski definition) is 2. The number of aryl methyl sites for hydroxylation is 3. The Kier molecular flexibility index (Phi) is 7.27. The van der Waals surface area contributed by atoms with Crippen molar-refractivity contribution in [2.75, 3.05) is 13.1 Å². The smallest absolute Gasteiger partial charge is 0.191 e. The summed E-state index contributed by atoms with van der Waals surface area (Å²) in [5.41, 5.74) is 1.22. The highest BCUT2D eigenvalue weighted by Crippen LogP contribution is 2.19. The van der Waals surface area contributed by atoms with Crippen LogP contribution in [0.2, 0.25) is 0 Å². The van der Waals surface area contributed by atoms with Crippen LogP contribution in [0.15, 0.2) is 23.5 Å². The Morgan fingerprint density at radius 3 is 2.92 bits per heavy atom. The first-order chi connectivity index (χ1) is 11.7. The van der Waals surface area contributed by atoms with Gasteiger partial charge in [0.05, 0.1) is 6.54 Å². The molecule has 1 unspecified atom stereocenters. The zero-order valence-corrected chi connectivity index (χ0v) is 17.5. The van der Waals surface area contributed by atoms with E-state index in [0.29, 0.717) is 12.5 Å². The second-order valence-corrected chi connectivity index (χ2v) is 6.44. The molecule has 138 valence electrons. The molecule has 8 heteroatoms. The maximum absolute atomic E-state index is 4.68. The number of aromatic nitrogens is 4. The van der Waals surface area contributed by atoms with Crippen molar-refractivity contribution in [3.8, 4) is 0 Å². The Hall–Kier alpha value is -1.58. The van der Waals surface area contributed by atoms with E-state index in [9.17, 15) is 0 Å². The van der Waals surface area contributed by atoms with Crippen LogP contribution < -0.4 is 10.6 Å². The van der Waals surface area contributed by atoms with Gasteiger partial charge in [-0.15, -0.1) is 34.2 Å². The fourth-order valence-electron chi connectivity index (χ4n) is 3.10. The number of guanidine groups is 1. The van der Waals surface area contributed by atoms with Gasteiger partial charge in [-0.25, -0.2) is 4.99 Å². The highest BCUT2D eigenvalue weighted by atomic mass is 127. The lowest BCUT2D eigenvalue weighted by Gasteiger charge is -2.25. The Labute approximate surface area is 166 Å². The normalized spacial score (nSPS) is 16.9. The molecule has 2 aromatic heterocycles. The maximum Gasteiger partial charge on any atom is 0.191 e. The lowest BCUT2D eigenvalue weighted by Crippen LogP contribution is -2.41. The lowest BCUT2D eigenvalue weighted by molar-refractivity contribution is 0.358. The molecule has 0 bridgehead atoms. The van der Waals surface area contributed by atoms with Crippen LogP contribution in [-0.2, 0) is 26.6 Å². The molecule has 0 radical (unpaired) electrons. The Balaban J connectivity index is 0.00000225. The summed E-state index contributed by atoms with van der Waals surface area (Å²) >= 11 is 0. The van der Waals surface area contributed by atoms with Crippen LogP contribution in [0.4, 0.5) is 0 Å². The molecule has 0 aliphatic carbocycles. The monoisotopic (exact) mass is 457 g/mol. The van der Waals surface area contributed by atoms with Crippen molar-refractivity contribution < 1.29 is 0 Å². The highest BCUT2D eigenvalue weighted by Gasteiger charge is 2.21. The third kappa shape index (κ3) is 5.20. The number of nitrogens with zero attached hydrogens (tertiary/aromatic N) is 5. The first kappa shape index (κ1) is 19.7. The summed E-state index contributed by atoms with van der Waals surface area (Å²) in [6.07, 6.45) is 6.30. The minimum atomic E-state index is 0. The molecule has 3 heterocycles. The molecule has 3 rings (SSSR count). The SMILES string of the molecule is CCNC(=NCc1ccn(C)c1)NCC1CCc2nnc(C)n2C1.I. The summed E-state index contributed by atoms with van der Waals surface area (Å²) in [6, 6.07) is 2.10. The van der Waals surface area contributed by atoms with E-state index < -0.39 is 0 Å². The molecule has 1 aliphatic rings. The molecule has 2 aromatic rings. The Morgan fingerprint density at radius 2 is 2.20 bits per heavy atom. The van der Waals surface area contributed by atoms with Crippen LogP contribution >= 0.6 is 24.0 Å². The highest BCUT2D eigenvalue weighted by molar-refractivity contribution is 14.0. The standard InChI is InChI=1S/C17H27N7.HI/c1-4-18-17(20-10-15-7-8-23(3)11-15)19-9-14-5-6-16-22-21-13(2)24(16)12-14;/h7-8,11,14H,4-6,9-10,12H2,1-3H3,(H2,18,19,20);1H. The second kappa shape index (κ2) is 9.21. The van der Waals surface area contributed by atoms with Gasteiger partial charge in [0.1, 0.15) is 11.6 Å². The van der Waals surface area contributed by atoms with Crippen LogP contribution in [0.5, 0.6) is 0 Å². The van der Waals surface area contributed by atoms with E-state index in [1.54, 1.807) is 0 Å². The molecule has 0 saturated carbocycles. The number of halogens is 1. The summed E-state index contributed by atoms with van der Waals surface area (Å²) in [5, 5.41) is 15.2. The molecule has 1 aliphatic heterocycles. The van der Waals surface area contributed by atoms with Gasteiger partial charge in [0.25, 0.3) is 0 Å². The molecular weight excluding hydrogens is 429 g/mol. The molecule has 0 amide bonds. The van der Waals surface area contributed by atoms with Crippen LogP contribution in [-0.4, -0.2) is 38.4 Å². The van der Waals surface area contributed by atoms with Crippen LogP contribution in [0.25, 0.3) is 0 Å². The molecular formula is C17H28IN7.